The highest BCUT2D eigenvalue weighted by atomic mass is 16.5. The normalized spacial score (nSPS) is 20.4. The van der Waals surface area contributed by atoms with E-state index in [9.17, 15) is 4.79 Å². The van der Waals surface area contributed by atoms with Gasteiger partial charge in [-0.2, -0.15) is 0 Å². The topological polar surface area (TPSA) is 29.5 Å². The maximum Gasteiger partial charge on any atom is 0.121 e. The molecule has 0 atom stereocenters. The fourth-order valence-electron chi connectivity index (χ4n) is 1.85. The molecule has 1 aliphatic heterocycles. The Labute approximate surface area is 80.1 Å². The van der Waals surface area contributed by atoms with Crippen molar-refractivity contribution in [2.75, 3.05) is 33.4 Å². The van der Waals surface area contributed by atoms with E-state index in [0.29, 0.717) is 6.42 Å². The van der Waals surface area contributed by atoms with Gasteiger partial charge in [-0.3, -0.25) is 0 Å². The van der Waals surface area contributed by atoms with Gasteiger partial charge in [-0.1, -0.05) is 0 Å². The molecule has 76 valence electrons. The van der Waals surface area contributed by atoms with Crippen molar-refractivity contribution in [2.24, 2.45) is 5.92 Å². The SMILES string of the molecule is COCC1CCN(CCC=O)CC1. The van der Waals surface area contributed by atoms with Gasteiger partial charge in [0.25, 0.3) is 0 Å². The first-order valence-electron chi connectivity index (χ1n) is 5.01. The number of carbonyl (C=O) groups excluding carboxylic acids is 1. The van der Waals surface area contributed by atoms with E-state index in [0.717, 1.165) is 38.4 Å². The van der Waals surface area contributed by atoms with Crippen LogP contribution < -0.4 is 0 Å². The molecule has 0 spiro atoms. The zero-order chi connectivity index (χ0) is 9.52. The summed E-state index contributed by atoms with van der Waals surface area (Å²) in [6.45, 7) is 4.08. The number of hydrogen-bond acceptors (Lipinski definition) is 3. The molecular weight excluding hydrogens is 166 g/mol. The molecular formula is C10H19NO2. The molecule has 0 unspecified atom stereocenters. The lowest BCUT2D eigenvalue weighted by Crippen LogP contribution is -2.35. The second kappa shape index (κ2) is 6.11. The maximum absolute atomic E-state index is 10.2. The first-order valence-corrected chi connectivity index (χ1v) is 5.01. The molecule has 0 amide bonds. The van der Waals surface area contributed by atoms with Gasteiger partial charge in [-0.05, 0) is 31.8 Å². The van der Waals surface area contributed by atoms with Crippen molar-refractivity contribution in [2.45, 2.75) is 19.3 Å². The molecule has 3 nitrogen and oxygen atoms in total. The summed E-state index contributed by atoms with van der Waals surface area (Å²) in [4.78, 5) is 12.5. The van der Waals surface area contributed by atoms with Gasteiger partial charge in [0.05, 0.1) is 0 Å². The smallest absolute Gasteiger partial charge is 0.121 e. The van der Waals surface area contributed by atoms with E-state index in [2.05, 4.69) is 4.90 Å². The van der Waals surface area contributed by atoms with Crippen molar-refractivity contribution in [1.29, 1.82) is 0 Å². The summed E-state index contributed by atoms with van der Waals surface area (Å²) >= 11 is 0. The number of carbonyl (C=O) groups is 1. The molecule has 1 saturated heterocycles. The third-order valence-electron chi connectivity index (χ3n) is 2.67. The molecule has 3 heteroatoms. The van der Waals surface area contributed by atoms with Gasteiger partial charge < -0.3 is 14.4 Å². The highest BCUT2D eigenvalue weighted by molar-refractivity contribution is 5.49. The summed E-state index contributed by atoms with van der Waals surface area (Å²) in [5, 5.41) is 0. The van der Waals surface area contributed by atoms with Crippen LogP contribution in [-0.2, 0) is 9.53 Å². The molecule has 0 radical (unpaired) electrons. The summed E-state index contributed by atoms with van der Waals surface area (Å²) in [6, 6.07) is 0. The molecule has 1 rings (SSSR count). The fourth-order valence-corrected chi connectivity index (χ4v) is 1.85. The Kier molecular flexibility index (Phi) is 5.01. The molecule has 0 aromatic heterocycles. The monoisotopic (exact) mass is 185 g/mol. The predicted molar refractivity (Wildman–Crippen MR) is 51.7 cm³/mol. The Morgan fingerprint density at radius 2 is 2.15 bits per heavy atom. The Balaban J connectivity index is 2.11. The lowest BCUT2D eigenvalue weighted by Gasteiger charge is -2.30. The number of piperidine rings is 1. The molecule has 0 aliphatic carbocycles. The van der Waals surface area contributed by atoms with E-state index in [1.807, 2.05) is 0 Å². The third-order valence-corrected chi connectivity index (χ3v) is 2.67. The van der Waals surface area contributed by atoms with Crippen molar-refractivity contribution in [3.8, 4) is 0 Å². The van der Waals surface area contributed by atoms with Crippen LogP contribution in [0.4, 0.5) is 0 Å². The Morgan fingerprint density at radius 3 is 2.69 bits per heavy atom. The minimum atomic E-state index is 0.676. The Morgan fingerprint density at radius 1 is 1.46 bits per heavy atom. The summed E-state index contributed by atoms with van der Waals surface area (Å²) < 4.78 is 5.12. The van der Waals surface area contributed by atoms with Crippen LogP contribution in [-0.4, -0.2) is 44.5 Å². The van der Waals surface area contributed by atoms with Gasteiger partial charge in [0.15, 0.2) is 0 Å². The number of nitrogens with zero attached hydrogens (tertiary/aromatic N) is 1. The molecule has 0 aromatic rings. The van der Waals surface area contributed by atoms with Gasteiger partial charge in [0.1, 0.15) is 6.29 Å². The van der Waals surface area contributed by atoms with Crippen LogP contribution in [0.2, 0.25) is 0 Å². The second-order valence-corrected chi connectivity index (χ2v) is 3.70. The van der Waals surface area contributed by atoms with Crippen molar-refractivity contribution in [1.82, 2.24) is 4.90 Å². The molecule has 1 heterocycles. The van der Waals surface area contributed by atoms with Crippen LogP contribution in [0.25, 0.3) is 0 Å². The van der Waals surface area contributed by atoms with Gasteiger partial charge in [-0.15, -0.1) is 0 Å². The average molecular weight is 185 g/mol. The van der Waals surface area contributed by atoms with E-state index in [1.165, 1.54) is 12.8 Å². The lowest BCUT2D eigenvalue weighted by molar-refractivity contribution is -0.108. The number of aldehydes is 1. The number of rotatable bonds is 5. The first-order chi connectivity index (χ1) is 6.36. The zero-order valence-corrected chi connectivity index (χ0v) is 8.37. The number of likely N-dealkylation sites (tertiary alicyclic amines) is 1. The van der Waals surface area contributed by atoms with Crippen LogP contribution >= 0.6 is 0 Å². The average Bonchev–Trinajstić information content (AvgIpc) is 2.17. The molecule has 0 bridgehead atoms. The molecule has 1 aliphatic rings. The minimum Gasteiger partial charge on any atom is -0.384 e. The van der Waals surface area contributed by atoms with Gasteiger partial charge >= 0.3 is 0 Å². The lowest BCUT2D eigenvalue weighted by atomic mass is 9.98. The molecule has 0 aromatic carbocycles. The largest absolute Gasteiger partial charge is 0.384 e. The van der Waals surface area contributed by atoms with E-state index in [4.69, 9.17) is 4.74 Å². The van der Waals surface area contributed by atoms with E-state index in [-0.39, 0.29) is 0 Å². The van der Waals surface area contributed by atoms with Crippen LogP contribution in [0, 0.1) is 5.92 Å². The quantitative estimate of drug-likeness (QED) is 0.597. The Bertz CT molecular complexity index is 142. The summed E-state index contributed by atoms with van der Waals surface area (Å²) in [6.07, 6.45) is 4.11. The van der Waals surface area contributed by atoms with E-state index < -0.39 is 0 Å². The fraction of sp³-hybridized carbons (Fsp3) is 0.900. The van der Waals surface area contributed by atoms with Crippen molar-refractivity contribution in [3.05, 3.63) is 0 Å². The predicted octanol–water partition coefficient (Wildman–Crippen LogP) is 0.934. The first kappa shape index (κ1) is 10.7. The maximum atomic E-state index is 10.2. The van der Waals surface area contributed by atoms with Crippen molar-refractivity contribution in [3.63, 3.8) is 0 Å². The molecule has 1 fully saturated rings. The van der Waals surface area contributed by atoms with Crippen LogP contribution in [0.1, 0.15) is 19.3 Å². The van der Waals surface area contributed by atoms with Gasteiger partial charge in [0.2, 0.25) is 0 Å². The molecule has 13 heavy (non-hydrogen) atoms. The Hall–Kier alpha value is -0.410. The van der Waals surface area contributed by atoms with E-state index >= 15 is 0 Å². The second-order valence-electron chi connectivity index (χ2n) is 3.70. The minimum absolute atomic E-state index is 0.676. The number of hydrogen-bond donors (Lipinski definition) is 0. The van der Waals surface area contributed by atoms with Crippen molar-refractivity contribution >= 4 is 6.29 Å². The third kappa shape index (κ3) is 3.87. The van der Waals surface area contributed by atoms with Gasteiger partial charge in [0, 0.05) is 26.7 Å². The summed E-state index contributed by atoms with van der Waals surface area (Å²) in [7, 11) is 1.76. The standard InChI is InChI=1S/C10H19NO2/c1-13-9-10-3-6-11(7-4-10)5-2-8-12/h8,10H,2-7,9H2,1H3. The zero-order valence-electron chi connectivity index (χ0n) is 8.37. The highest BCUT2D eigenvalue weighted by Crippen LogP contribution is 2.16. The van der Waals surface area contributed by atoms with Crippen LogP contribution in [0.3, 0.4) is 0 Å². The van der Waals surface area contributed by atoms with Crippen molar-refractivity contribution < 1.29 is 9.53 Å². The number of methoxy groups -OCH3 is 1. The van der Waals surface area contributed by atoms with E-state index in [1.54, 1.807) is 7.11 Å². The summed E-state index contributed by atoms with van der Waals surface area (Å²) in [5.74, 6) is 0.734. The van der Waals surface area contributed by atoms with Crippen LogP contribution in [0.15, 0.2) is 0 Å². The molecule has 0 saturated carbocycles. The van der Waals surface area contributed by atoms with Crippen LogP contribution in [0.5, 0.6) is 0 Å². The summed E-state index contributed by atoms with van der Waals surface area (Å²) in [5.41, 5.74) is 0. The molecule has 0 N–H and O–H groups in total. The van der Waals surface area contributed by atoms with Gasteiger partial charge in [-0.25, -0.2) is 0 Å². The highest BCUT2D eigenvalue weighted by Gasteiger charge is 2.17. The number of ether oxygens (including phenoxy) is 1.